The number of halogens is 2. The zero-order valence-corrected chi connectivity index (χ0v) is 17.8. The van der Waals surface area contributed by atoms with E-state index in [4.69, 9.17) is 16.3 Å². The highest BCUT2D eigenvalue weighted by atomic mass is 35.5. The summed E-state index contributed by atoms with van der Waals surface area (Å²) >= 11 is 5.89. The van der Waals surface area contributed by atoms with Gasteiger partial charge in [0.25, 0.3) is 0 Å². The molecule has 1 saturated carbocycles. The summed E-state index contributed by atoms with van der Waals surface area (Å²) in [6.07, 6.45) is 5.08. The van der Waals surface area contributed by atoms with E-state index in [-0.39, 0.29) is 22.1 Å². The van der Waals surface area contributed by atoms with E-state index in [1.165, 1.54) is 6.20 Å². The summed E-state index contributed by atoms with van der Waals surface area (Å²) in [4.78, 5) is 14.9. The topological polar surface area (TPSA) is 83.4 Å². The average Bonchev–Trinajstić information content (AvgIpc) is 3.41. The van der Waals surface area contributed by atoms with Crippen LogP contribution in [0, 0.1) is 11.2 Å². The van der Waals surface area contributed by atoms with Crippen LogP contribution in [0.2, 0.25) is 5.15 Å². The molecule has 0 bridgehead atoms. The van der Waals surface area contributed by atoms with Crippen molar-refractivity contribution in [3.05, 3.63) is 22.9 Å². The van der Waals surface area contributed by atoms with Gasteiger partial charge in [0.1, 0.15) is 5.52 Å². The van der Waals surface area contributed by atoms with Crippen LogP contribution in [0.4, 0.5) is 4.39 Å². The summed E-state index contributed by atoms with van der Waals surface area (Å²) in [5, 5.41) is 14.4. The fourth-order valence-corrected chi connectivity index (χ4v) is 4.32. The lowest BCUT2D eigenvalue weighted by atomic mass is 9.85. The molecule has 2 aliphatic rings. The molecule has 7 nitrogen and oxygen atoms in total. The van der Waals surface area contributed by atoms with Gasteiger partial charge < -0.3 is 20.1 Å². The second kappa shape index (κ2) is 7.58. The largest absolute Gasteiger partial charge is 0.463 e. The van der Waals surface area contributed by atoms with Gasteiger partial charge in [0.2, 0.25) is 0 Å². The van der Waals surface area contributed by atoms with Crippen molar-refractivity contribution in [2.24, 2.45) is 5.41 Å². The van der Waals surface area contributed by atoms with Crippen molar-refractivity contribution < 1.29 is 14.2 Å². The quantitative estimate of drug-likeness (QED) is 0.691. The van der Waals surface area contributed by atoms with E-state index in [9.17, 15) is 9.50 Å². The van der Waals surface area contributed by atoms with Crippen LogP contribution < -0.4 is 10.1 Å². The Balaban J connectivity index is 1.73. The molecule has 0 aromatic carbocycles. The Kier molecular flexibility index (Phi) is 5.40. The van der Waals surface area contributed by atoms with Crippen molar-refractivity contribution in [1.82, 2.24) is 25.2 Å². The average molecular weight is 424 g/mol. The van der Waals surface area contributed by atoms with Crippen LogP contribution in [-0.4, -0.2) is 64.4 Å². The number of hydrogen-bond donors (Lipinski definition) is 2. The molecular formula is C20H27ClFN5O2. The summed E-state index contributed by atoms with van der Waals surface area (Å²) in [5.41, 5.74) is -0.401. The third kappa shape index (κ3) is 4.17. The summed E-state index contributed by atoms with van der Waals surface area (Å²) in [5.74, 6) is -0.706. The minimum absolute atomic E-state index is 0.0608. The molecule has 1 saturated heterocycles. The second-order valence-electron chi connectivity index (χ2n) is 8.89. The van der Waals surface area contributed by atoms with Crippen LogP contribution in [0.15, 0.2) is 6.20 Å². The van der Waals surface area contributed by atoms with Gasteiger partial charge in [-0.25, -0.2) is 9.37 Å². The van der Waals surface area contributed by atoms with Gasteiger partial charge in [-0.1, -0.05) is 11.6 Å². The molecular weight excluding hydrogens is 397 g/mol. The van der Waals surface area contributed by atoms with E-state index >= 15 is 0 Å². The maximum atomic E-state index is 14.7. The first-order valence-corrected chi connectivity index (χ1v) is 10.3. The number of aromatic nitrogens is 3. The molecule has 4 rings (SSSR count). The maximum absolute atomic E-state index is 14.7. The van der Waals surface area contributed by atoms with Crippen molar-refractivity contribution in [3.63, 3.8) is 0 Å². The highest BCUT2D eigenvalue weighted by Gasteiger charge is 2.44. The van der Waals surface area contributed by atoms with Gasteiger partial charge in [0.05, 0.1) is 23.9 Å². The molecule has 0 amide bonds. The number of piperidine rings is 1. The molecule has 2 aromatic rings. The third-order valence-electron chi connectivity index (χ3n) is 5.87. The number of hydrogen-bond acceptors (Lipinski definition) is 7. The Hall–Kier alpha value is -1.61. The number of aliphatic hydroxyl groups is 1. The predicted molar refractivity (Wildman–Crippen MR) is 109 cm³/mol. The zero-order valence-electron chi connectivity index (χ0n) is 17.0. The normalized spacial score (nSPS) is 26.1. The summed E-state index contributed by atoms with van der Waals surface area (Å²) < 4.78 is 20.7. The Labute approximate surface area is 174 Å². The van der Waals surface area contributed by atoms with Gasteiger partial charge in [-0.15, -0.1) is 0 Å². The van der Waals surface area contributed by atoms with Gasteiger partial charge in [-0.3, -0.25) is 0 Å². The first-order valence-electron chi connectivity index (χ1n) is 9.96. The van der Waals surface area contributed by atoms with Crippen molar-refractivity contribution in [2.75, 3.05) is 33.8 Å². The zero-order chi connectivity index (χ0) is 20.8. The highest BCUT2D eigenvalue weighted by molar-refractivity contribution is 6.30. The van der Waals surface area contributed by atoms with Crippen LogP contribution in [0.3, 0.4) is 0 Å². The van der Waals surface area contributed by atoms with E-state index in [0.29, 0.717) is 24.1 Å². The molecule has 1 aliphatic heterocycles. The van der Waals surface area contributed by atoms with Crippen LogP contribution in [0.5, 0.6) is 6.01 Å². The van der Waals surface area contributed by atoms with Crippen LogP contribution in [0.25, 0.3) is 10.9 Å². The van der Waals surface area contributed by atoms with Gasteiger partial charge in [0, 0.05) is 23.5 Å². The molecule has 2 N–H and O–H groups in total. The summed E-state index contributed by atoms with van der Waals surface area (Å²) in [6.45, 7) is 3.87. The predicted octanol–water partition coefficient (Wildman–Crippen LogP) is 2.71. The first kappa shape index (κ1) is 20.7. The van der Waals surface area contributed by atoms with Crippen molar-refractivity contribution in [1.29, 1.82) is 0 Å². The Morgan fingerprint density at radius 2 is 2.10 bits per heavy atom. The van der Waals surface area contributed by atoms with Crippen LogP contribution in [-0.2, 0) is 0 Å². The van der Waals surface area contributed by atoms with Gasteiger partial charge >= 0.3 is 6.01 Å². The van der Waals surface area contributed by atoms with Crippen LogP contribution in [0.1, 0.15) is 44.3 Å². The van der Waals surface area contributed by atoms with Gasteiger partial charge in [-0.2, -0.15) is 9.97 Å². The summed E-state index contributed by atoms with van der Waals surface area (Å²) in [7, 11) is 4.07. The number of fused-ring (bicyclic) bond motifs is 1. The van der Waals surface area contributed by atoms with E-state index in [0.717, 1.165) is 32.4 Å². The number of rotatable bonds is 6. The fourth-order valence-electron chi connectivity index (χ4n) is 4.18. The maximum Gasteiger partial charge on any atom is 0.317 e. The molecule has 2 unspecified atom stereocenters. The Morgan fingerprint density at radius 3 is 2.76 bits per heavy atom. The molecule has 2 atom stereocenters. The Morgan fingerprint density at radius 1 is 1.34 bits per heavy atom. The minimum atomic E-state index is -1.03. The van der Waals surface area contributed by atoms with E-state index < -0.39 is 17.5 Å². The Bertz CT molecular complexity index is 919. The minimum Gasteiger partial charge on any atom is -0.463 e. The number of pyridine rings is 1. The lowest BCUT2D eigenvalue weighted by Gasteiger charge is -2.37. The monoisotopic (exact) mass is 423 g/mol. The molecule has 1 aliphatic carbocycles. The molecule has 2 aromatic heterocycles. The highest BCUT2D eigenvalue weighted by Crippen LogP contribution is 2.46. The molecule has 2 fully saturated rings. The lowest BCUT2D eigenvalue weighted by molar-refractivity contribution is -0.00837. The first-order chi connectivity index (χ1) is 13.7. The van der Waals surface area contributed by atoms with Gasteiger partial charge in [-0.05, 0) is 53.2 Å². The molecule has 0 radical (unpaired) electrons. The molecule has 29 heavy (non-hydrogen) atoms. The molecule has 0 spiro atoms. The number of nitrogens with one attached hydrogen (secondary N) is 1. The van der Waals surface area contributed by atoms with Crippen molar-refractivity contribution in [2.45, 2.75) is 44.2 Å². The van der Waals surface area contributed by atoms with E-state index in [2.05, 4.69) is 25.2 Å². The van der Waals surface area contributed by atoms with Crippen LogP contribution >= 0.6 is 11.6 Å². The standard InChI is InChI=1S/C20H27ClFN5O2/c1-19(28)5-4-8-23-16(19)15-12-9-24-17(21)13(22)14(12)25-18(26-15)29-11-20(6-7-20)10-27(2)3/h9,16,23,28H,4-8,10-11H2,1-3H3. The fraction of sp³-hybridized carbons (Fsp3) is 0.650. The second-order valence-corrected chi connectivity index (χ2v) is 9.25. The number of ether oxygens (including phenoxy) is 1. The van der Waals surface area contributed by atoms with E-state index in [1.807, 2.05) is 14.1 Å². The number of nitrogens with zero attached hydrogens (tertiary/aromatic N) is 4. The van der Waals surface area contributed by atoms with Crippen molar-refractivity contribution >= 4 is 22.5 Å². The van der Waals surface area contributed by atoms with Crippen molar-refractivity contribution in [3.8, 4) is 6.01 Å². The lowest BCUT2D eigenvalue weighted by Crippen LogP contribution is -2.47. The SMILES string of the molecule is CN(C)CC1(COc2nc(C3NCCCC3(C)O)c3cnc(Cl)c(F)c3n2)CC1. The molecule has 3 heterocycles. The summed E-state index contributed by atoms with van der Waals surface area (Å²) in [6, 6.07) is -0.384. The van der Waals surface area contributed by atoms with E-state index in [1.54, 1.807) is 6.92 Å². The molecule has 158 valence electrons. The van der Waals surface area contributed by atoms with Gasteiger partial charge in [0.15, 0.2) is 11.0 Å². The smallest absolute Gasteiger partial charge is 0.317 e. The molecule has 9 heteroatoms. The third-order valence-corrected chi connectivity index (χ3v) is 6.13.